The van der Waals surface area contributed by atoms with Gasteiger partial charge in [0.05, 0.1) is 24.4 Å². The third-order valence-electron chi connectivity index (χ3n) is 4.14. The number of nitrogens with zero attached hydrogens (tertiary/aromatic N) is 2. The Hall–Kier alpha value is -1.47. The molecule has 3 N–H and O–H groups in total. The van der Waals surface area contributed by atoms with Crippen LogP contribution in [0.3, 0.4) is 0 Å². The van der Waals surface area contributed by atoms with Gasteiger partial charge in [0.1, 0.15) is 12.3 Å². The van der Waals surface area contributed by atoms with Crippen LogP contribution in [0.15, 0.2) is 41.1 Å². The highest BCUT2D eigenvalue weighted by atomic mass is 16.5. The van der Waals surface area contributed by atoms with Crippen LogP contribution >= 0.6 is 0 Å². The number of hydrogen-bond donors (Lipinski definition) is 3. The number of hydrazone groups is 1. The molecule has 6 nitrogen and oxygen atoms in total. The summed E-state index contributed by atoms with van der Waals surface area (Å²) in [6.45, 7) is 13.0. The fraction of sp³-hybridized carbons (Fsp3) is 0.611. The van der Waals surface area contributed by atoms with E-state index in [1.165, 1.54) is 5.57 Å². The van der Waals surface area contributed by atoms with Crippen molar-refractivity contribution < 1.29 is 9.84 Å². The lowest BCUT2D eigenvalue weighted by Gasteiger charge is -2.36. The number of ether oxygens (including phenoxy) is 1. The van der Waals surface area contributed by atoms with Crippen LogP contribution in [-0.4, -0.2) is 67.0 Å². The Kier molecular flexibility index (Phi) is 6.34. The lowest BCUT2D eigenvalue weighted by atomic mass is 9.91. The Morgan fingerprint density at radius 3 is 2.96 bits per heavy atom. The third-order valence-corrected chi connectivity index (χ3v) is 4.14. The molecule has 0 bridgehead atoms. The first-order chi connectivity index (χ1) is 11.3. The van der Waals surface area contributed by atoms with Gasteiger partial charge in [0, 0.05) is 20.1 Å². The highest BCUT2D eigenvalue weighted by Crippen LogP contribution is 2.18. The van der Waals surface area contributed by atoms with Gasteiger partial charge in [0.25, 0.3) is 0 Å². The van der Waals surface area contributed by atoms with Gasteiger partial charge in [0.15, 0.2) is 0 Å². The summed E-state index contributed by atoms with van der Waals surface area (Å²) in [4.78, 5) is 0. The molecule has 1 saturated heterocycles. The normalized spacial score (nSPS) is 28.1. The first-order valence-electron chi connectivity index (χ1n) is 8.41. The molecule has 0 aromatic rings. The maximum atomic E-state index is 10.5. The zero-order valence-electron chi connectivity index (χ0n) is 15.2. The molecule has 24 heavy (non-hydrogen) atoms. The molecule has 2 atom stereocenters. The van der Waals surface area contributed by atoms with Crippen LogP contribution in [0.25, 0.3) is 0 Å². The van der Waals surface area contributed by atoms with Crippen LogP contribution in [0, 0.1) is 0 Å². The maximum Gasteiger partial charge on any atom is 0.133 e. The summed E-state index contributed by atoms with van der Waals surface area (Å²) in [6.07, 6.45) is 4.95. The van der Waals surface area contributed by atoms with Gasteiger partial charge in [-0.2, -0.15) is 5.10 Å². The molecule has 2 rings (SSSR count). The molecule has 0 aromatic carbocycles. The highest BCUT2D eigenvalue weighted by Gasteiger charge is 2.33. The zero-order valence-corrected chi connectivity index (χ0v) is 15.2. The first-order valence-corrected chi connectivity index (χ1v) is 8.41. The lowest BCUT2D eigenvalue weighted by molar-refractivity contribution is -0.0705. The van der Waals surface area contributed by atoms with Gasteiger partial charge in [-0.3, -0.25) is 10.3 Å². The molecule has 134 valence electrons. The molecule has 0 spiro atoms. The summed E-state index contributed by atoms with van der Waals surface area (Å²) in [6, 6.07) is 0. The van der Waals surface area contributed by atoms with E-state index in [9.17, 15) is 5.11 Å². The standard InChI is InChI=1S/C18H30N4O2/c1-13-7-6-8-14(2)16(21-22(5)12-13)18(3,4)20-17(23)15-11-19-9-10-24-15/h6-8,15,17,19-20,23H,2,9-12H2,1,3-5H3/b8-6-,13-7-,21-16?/t15-,17?/m0/s1. The first kappa shape index (κ1) is 18.9. The highest BCUT2D eigenvalue weighted by molar-refractivity contribution is 6.08. The molecule has 1 fully saturated rings. The van der Waals surface area contributed by atoms with E-state index in [2.05, 4.69) is 30.2 Å². The number of nitrogens with one attached hydrogen (secondary N) is 2. The second kappa shape index (κ2) is 8.07. The van der Waals surface area contributed by atoms with Crippen molar-refractivity contribution in [3.8, 4) is 0 Å². The van der Waals surface area contributed by atoms with Crippen molar-refractivity contribution in [2.45, 2.75) is 38.6 Å². The Morgan fingerprint density at radius 2 is 2.29 bits per heavy atom. The molecule has 2 aliphatic rings. The van der Waals surface area contributed by atoms with Crippen LogP contribution in [-0.2, 0) is 4.74 Å². The summed E-state index contributed by atoms with van der Waals surface area (Å²) in [5, 5.41) is 23.6. The van der Waals surface area contributed by atoms with E-state index in [-0.39, 0.29) is 6.10 Å². The van der Waals surface area contributed by atoms with Crippen molar-refractivity contribution >= 4 is 5.71 Å². The van der Waals surface area contributed by atoms with Crippen molar-refractivity contribution in [1.82, 2.24) is 15.6 Å². The Morgan fingerprint density at radius 1 is 1.54 bits per heavy atom. The fourth-order valence-corrected chi connectivity index (χ4v) is 2.94. The molecule has 2 heterocycles. The van der Waals surface area contributed by atoms with Crippen molar-refractivity contribution in [3.63, 3.8) is 0 Å². The monoisotopic (exact) mass is 334 g/mol. The van der Waals surface area contributed by atoms with Gasteiger partial charge in [-0.1, -0.05) is 30.4 Å². The number of rotatable bonds is 4. The summed E-state index contributed by atoms with van der Waals surface area (Å²) < 4.78 is 5.63. The lowest BCUT2D eigenvalue weighted by Crippen LogP contribution is -2.59. The predicted molar refractivity (Wildman–Crippen MR) is 97.9 cm³/mol. The topological polar surface area (TPSA) is 69.1 Å². The minimum atomic E-state index is -0.787. The van der Waals surface area contributed by atoms with E-state index in [1.807, 2.05) is 38.1 Å². The molecule has 0 aromatic heterocycles. The minimum Gasteiger partial charge on any atom is -0.376 e. The summed E-state index contributed by atoms with van der Waals surface area (Å²) in [5.74, 6) is 0. The summed E-state index contributed by atoms with van der Waals surface area (Å²) >= 11 is 0. The summed E-state index contributed by atoms with van der Waals surface area (Å²) in [5.41, 5.74) is 2.28. The van der Waals surface area contributed by atoms with Gasteiger partial charge in [-0.05, 0) is 26.3 Å². The Bertz CT molecular complexity index is 545. The maximum absolute atomic E-state index is 10.5. The number of morpholine rings is 1. The quantitative estimate of drug-likeness (QED) is 0.670. The number of aliphatic hydroxyl groups is 1. The van der Waals surface area contributed by atoms with Gasteiger partial charge in [-0.15, -0.1) is 0 Å². The molecule has 0 radical (unpaired) electrons. The molecule has 0 saturated carbocycles. The van der Waals surface area contributed by atoms with E-state index in [4.69, 9.17) is 9.84 Å². The molecule has 6 heteroatoms. The average Bonchev–Trinajstić information content (AvgIpc) is 2.58. The van der Waals surface area contributed by atoms with E-state index in [0.29, 0.717) is 13.2 Å². The average molecular weight is 334 g/mol. The molecule has 0 aliphatic carbocycles. The van der Waals surface area contributed by atoms with Crippen molar-refractivity contribution in [2.75, 3.05) is 33.3 Å². The van der Waals surface area contributed by atoms with E-state index < -0.39 is 11.8 Å². The number of hydrogen-bond acceptors (Lipinski definition) is 6. The van der Waals surface area contributed by atoms with Gasteiger partial charge >= 0.3 is 0 Å². The van der Waals surface area contributed by atoms with Crippen molar-refractivity contribution in [1.29, 1.82) is 0 Å². The van der Waals surface area contributed by atoms with Gasteiger partial charge in [0.2, 0.25) is 0 Å². The Labute approximate surface area is 144 Å². The fourth-order valence-electron chi connectivity index (χ4n) is 2.94. The number of allylic oxidation sites excluding steroid dienone is 3. The second-order valence-electron chi connectivity index (χ2n) is 6.99. The smallest absolute Gasteiger partial charge is 0.133 e. The van der Waals surface area contributed by atoms with E-state index >= 15 is 0 Å². The molecular weight excluding hydrogens is 304 g/mol. The molecular formula is C18H30N4O2. The van der Waals surface area contributed by atoms with Crippen molar-refractivity contribution in [2.24, 2.45) is 5.10 Å². The summed E-state index contributed by atoms with van der Waals surface area (Å²) in [7, 11) is 1.94. The predicted octanol–water partition coefficient (Wildman–Crippen LogP) is 1.02. The second-order valence-corrected chi connectivity index (χ2v) is 6.99. The van der Waals surface area contributed by atoms with Crippen LogP contribution in [0.4, 0.5) is 0 Å². The Balaban J connectivity index is 2.16. The van der Waals surface area contributed by atoms with Crippen LogP contribution < -0.4 is 10.6 Å². The van der Waals surface area contributed by atoms with Crippen LogP contribution in [0.5, 0.6) is 0 Å². The number of likely N-dealkylation sites (N-methyl/N-ethyl adjacent to an activating group) is 1. The number of aliphatic hydroxyl groups excluding tert-OH is 1. The van der Waals surface area contributed by atoms with Gasteiger partial charge in [-0.25, -0.2) is 0 Å². The largest absolute Gasteiger partial charge is 0.376 e. The minimum absolute atomic E-state index is 0.277. The van der Waals surface area contributed by atoms with Gasteiger partial charge < -0.3 is 15.2 Å². The van der Waals surface area contributed by atoms with E-state index in [1.54, 1.807) is 0 Å². The zero-order chi connectivity index (χ0) is 17.7. The van der Waals surface area contributed by atoms with Crippen LogP contribution in [0.1, 0.15) is 20.8 Å². The third kappa shape index (κ3) is 5.01. The molecule has 1 unspecified atom stereocenters. The van der Waals surface area contributed by atoms with E-state index in [0.717, 1.165) is 24.4 Å². The molecule has 2 aliphatic heterocycles. The molecule has 0 amide bonds. The van der Waals surface area contributed by atoms with Crippen LogP contribution in [0.2, 0.25) is 0 Å². The SMILES string of the molecule is C=C1/C=C\C=C(\C)CN(C)N=C1C(C)(C)NC(O)[C@@H]1CNCCO1. The van der Waals surface area contributed by atoms with Crippen molar-refractivity contribution in [3.05, 3.63) is 36.0 Å².